The van der Waals surface area contributed by atoms with Crippen molar-refractivity contribution in [3.05, 3.63) is 52.6 Å². The van der Waals surface area contributed by atoms with Crippen molar-refractivity contribution in [2.75, 3.05) is 0 Å². The largest absolute Gasteiger partial charge is 0.0837 e. The summed E-state index contributed by atoms with van der Waals surface area (Å²) in [6.07, 6.45) is 5.25. The Balaban J connectivity index is 3.10. The summed E-state index contributed by atoms with van der Waals surface area (Å²) in [5, 5.41) is 0.823. The van der Waals surface area contributed by atoms with Crippen molar-refractivity contribution in [1.29, 1.82) is 0 Å². The molecule has 0 aliphatic heterocycles. The smallest absolute Gasteiger partial charge is 0.0483 e. The minimum absolute atomic E-state index is 0.823. The highest BCUT2D eigenvalue weighted by molar-refractivity contribution is 6.49. The second-order valence-corrected chi connectivity index (χ2v) is 4.50. The SMILES string of the molecule is CC/C=C(C)/C=C(/Cl)c1cccc(C)c1C. The molecule has 1 aromatic carbocycles. The molecule has 0 spiro atoms. The van der Waals surface area contributed by atoms with E-state index in [0.29, 0.717) is 0 Å². The summed E-state index contributed by atoms with van der Waals surface area (Å²) in [5.74, 6) is 0. The van der Waals surface area contributed by atoms with Crippen LogP contribution in [0.4, 0.5) is 0 Å². The molecule has 0 aliphatic carbocycles. The van der Waals surface area contributed by atoms with E-state index in [1.165, 1.54) is 16.7 Å². The fourth-order valence-corrected chi connectivity index (χ4v) is 2.05. The van der Waals surface area contributed by atoms with Crippen LogP contribution in [0.15, 0.2) is 35.9 Å². The van der Waals surface area contributed by atoms with Crippen LogP contribution in [0.5, 0.6) is 0 Å². The molecule has 0 unspecified atom stereocenters. The van der Waals surface area contributed by atoms with Crippen LogP contribution in [0.25, 0.3) is 5.03 Å². The molecular weight excluding hydrogens is 216 g/mol. The maximum atomic E-state index is 6.33. The van der Waals surface area contributed by atoms with E-state index in [-0.39, 0.29) is 0 Å². The van der Waals surface area contributed by atoms with Crippen LogP contribution in [-0.4, -0.2) is 0 Å². The van der Waals surface area contributed by atoms with Crippen molar-refractivity contribution >= 4 is 16.6 Å². The summed E-state index contributed by atoms with van der Waals surface area (Å²) in [7, 11) is 0. The first kappa shape index (κ1) is 13.1. The van der Waals surface area contributed by atoms with Gasteiger partial charge in [-0.15, -0.1) is 0 Å². The molecule has 1 rings (SSSR count). The first-order chi connectivity index (χ1) is 7.56. The first-order valence-electron chi connectivity index (χ1n) is 5.66. The molecule has 0 radical (unpaired) electrons. The lowest BCUT2D eigenvalue weighted by molar-refractivity contribution is 1.20. The molecule has 0 saturated heterocycles. The predicted octanol–water partition coefficient (Wildman–Crippen LogP) is 5.24. The maximum absolute atomic E-state index is 6.33. The molecule has 86 valence electrons. The van der Waals surface area contributed by atoms with E-state index in [2.05, 4.69) is 45.9 Å². The molecule has 0 nitrogen and oxygen atoms in total. The van der Waals surface area contributed by atoms with E-state index in [1.807, 2.05) is 12.1 Å². The fraction of sp³-hybridized carbons (Fsp3) is 0.333. The highest BCUT2D eigenvalue weighted by Crippen LogP contribution is 2.25. The third-order valence-corrected chi connectivity index (χ3v) is 3.06. The fourth-order valence-electron chi connectivity index (χ4n) is 1.67. The standard InChI is InChI=1S/C15H19Cl/c1-5-7-11(2)10-15(16)14-9-6-8-12(3)13(14)4/h6-10H,5H2,1-4H3/b11-7+,15-10+. The van der Waals surface area contributed by atoms with Gasteiger partial charge in [0.2, 0.25) is 0 Å². The Morgan fingerprint density at radius 2 is 2.00 bits per heavy atom. The Hall–Kier alpha value is -1.01. The van der Waals surface area contributed by atoms with Gasteiger partial charge in [0.25, 0.3) is 0 Å². The quantitative estimate of drug-likeness (QED) is 0.628. The number of rotatable bonds is 3. The Morgan fingerprint density at radius 1 is 1.31 bits per heavy atom. The number of halogens is 1. The van der Waals surface area contributed by atoms with E-state index in [9.17, 15) is 0 Å². The third-order valence-electron chi connectivity index (χ3n) is 2.74. The number of hydrogen-bond acceptors (Lipinski definition) is 0. The highest BCUT2D eigenvalue weighted by atomic mass is 35.5. The number of benzene rings is 1. The van der Waals surface area contributed by atoms with Crippen LogP contribution in [0.2, 0.25) is 0 Å². The molecule has 0 aromatic heterocycles. The molecule has 0 atom stereocenters. The summed E-state index contributed by atoms with van der Waals surface area (Å²) in [6, 6.07) is 6.23. The number of aryl methyl sites for hydroxylation is 1. The number of hydrogen-bond donors (Lipinski definition) is 0. The summed E-state index contributed by atoms with van der Waals surface area (Å²) in [4.78, 5) is 0. The van der Waals surface area contributed by atoms with Gasteiger partial charge in [0.15, 0.2) is 0 Å². The maximum Gasteiger partial charge on any atom is 0.0483 e. The van der Waals surface area contributed by atoms with E-state index < -0.39 is 0 Å². The molecule has 0 N–H and O–H groups in total. The molecule has 0 saturated carbocycles. The summed E-state index contributed by atoms with van der Waals surface area (Å²) < 4.78 is 0. The van der Waals surface area contributed by atoms with Crippen molar-refractivity contribution in [2.24, 2.45) is 0 Å². The summed E-state index contributed by atoms with van der Waals surface area (Å²) >= 11 is 6.33. The van der Waals surface area contributed by atoms with Gasteiger partial charge in [-0.2, -0.15) is 0 Å². The normalized spacial score (nSPS) is 13.1. The van der Waals surface area contributed by atoms with Gasteiger partial charge in [0.1, 0.15) is 0 Å². The third kappa shape index (κ3) is 3.24. The van der Waals surface area contributed by atoms with Crippen molar-refractivity contribution < 1.29 is 0 Å². The molecule has 0 fully saturated rings. The highest BCUT2D eigenvalue weighted by Gasteiger charge is 2.03. The van der Waals surface area contributed by atoms with Crippen molar-refractivity contribution in [3.63, 3.8) is 0 Å². The minimum atomic E-state index is 0.823. The predicted molar refractivity (Wildman–Crippen MR) is 73.8 cm³/mol. The van der Waals surface area contributed by atoms with Gasteiger partial charge in [0, 0.05) is 5.03 Å². The number of allylic oxidation sites excluding steroid dienone is 3. The average Bonchev–Trinajstić information content (AvgIpc) is 2.22. The lowest BCUT2D eigenvalue weighted by Gasteiger charge is -2.07. The molecule has 0 amide bonds. The molecule has 0 aliphatic rings. The van der Waals surface area contributed by atoms with Crippen molar-refractivity contribution in [3.8, 4) is 0 Å². The van der Waals surface area contributed by atoms with Gasteiger partial charge in [-0.25, -0.2) is 0 Å². The zero-order valence-electron chi connectivity index (χ0n) is 10.5. The molecule has 1 heteroatoms. The molecule has 0 bridgehead atoms. The van der Waals surface area contributed by atoms with E-state index in [4.69, 9.17) is 11.6 Å². The Labute approximate surface area is 104 Å². The van der Waals surface area contributed by atoms with Gasteiger partial charge >= 0.3 is 0 Å². The van der Waals surface area contributed by atoms with Gasteiger partial charge < -0.3 is 0 Å². The summed E-state index contributed by atoms with van der Waals surface area (Å²) in [5.41, 5.74) is 4.88. The Kier molecular flexibility index (Phi) is 4.82. The topological polar surface area (TPSA) is 0 Å². The van der Waals surface area contributed by atoms with Gasteiger partial charge in [-0.3, -0.25) is 0 Å². The van der Waals surface area contributed by atoms with Crippen LogP contribution in [0.3, 0.4) is 0 Å². The van der Waals surface area contributed by atoms with Gasteiger partial charge in [0.05, 0.1) is 0 Å². The average molecular weight is 235 g/mol. The second kappa shape index (κ2) is 5.91. The van der Waals surface area contributed by atoms with Crippen LogP contribution >= 0.6 is 11.6 Å². The van der Waals surface area contributed by atoms with Crippen molar-refractivity contribution in [2.45, 2.75) is 34.1 Å². The van der Waals surface area contributed by atoms with Crippen LogP contribution in [0, 0.1) is 13.8 Å². The first-order valence-corrected chi connectivity index (χ1v) is 6.04. The second-order valence-electron chi connectivity index (χ2n) is 4.10. The summed E-state index contributed by atoms with van der Waals surface area (Å²) in [6.45, 7) is 8.43. The monoisotopic (exact) mass is 234 g/mol. The van der Waals surface area contributed by atoms with Crippen LogP contribution in [-0.2, 0) is 0 Å². The molecular formula is C15H19Cl. The lowest BCUT2D eigenvalue weighted by Crippen LogP contribution is -1.88. The molecule has 16 heavy (non-hydrogen) atoms. The minimum Gasteiger partial charge on any atom is -0.0837 e. The Bertz CT molecular complexity index is 425. The van der Waals surface area contributed by atoms with Gasteiger partial charge in [-0.05, 0) is 50.0 Å². The van der Waals surface area contributed by atoms with E-state index in [0.717, 1.165) is 17.0 Å². The van der Waals surface area contributed by atoms with Crippen LogP contribution < -0.4 is 0 Å². The van der Waals surface area contributed by atoms with Crippen LogP contribution in [0.1, 0.15) is 37.0 Å². The van der Waals surface area contributed by atoms with Crippen molar-refractivity contribution in [1.82, 2.24) is 0 Å². The van der Waals surface area contributed by atoms with E-state index >= 15 is 0 Å². The lowest BCUT2D eigenvalue weighted by atomic mass is 10.0. The zero-order chi connectivity index (χ0) is 12.1. The van der Waals surface area contributed by atoms with Gasteiger partial charge in [-0.1, -0.05) is 48.4 Å². The Morgan fingerprint density at radius 3 is 2.62 bits per heavy atom. The zero-order valence-corrected chi connectivity index (χ0v) is 11.2. The van der Waals surface area contributed by atoms with E-state index in [1.54, 1.807) is 0 Å². The molecule has 1 aromatic rings. The molecule has 0 heterocycles.